The van der Waals surface area contributed by atoms with Crippen LogP contribution in [0.2, 0.25) is 0 Å². The molecule has 1 N–H and O–H groups in total. The smallest absolute Gasteiger partial charge is 0.0118 e. The first-order valence-electron chi connectivity index (χ1n) is 7.12. The summed E-state index contributed by atoms with van der Waals surface area (Å²) in [4.78, 5) is 3.09. The van der Waals surface area contributed by atoms with Crippen LogP contribution in [-0.2, 0) is 12.8 Å². The predicted octanol–water partition coefficient (Wildman–Crippen LogP) is 4.02. The molecule has 0 radical (unpaired) electrons. The van der Waals surface area contributed by atoms with Gasteiger partial charge in [0.05, 0.1) is 0 Å². The lowest BCUT2D eigenvalue weighted by Gasteiger charge is -2.30. The normalized spacial score (nSPS) is 18.0. The minimum Gasteiger partial charge on any atom is -0.314 e. The van der Waals surface area contributed by atoms with Gasteiger partial charge in [-0.05, 0) is 43.9 Å². The highest BCUT2D eigenvalue weighted by Gasteiger charge is 2.22. The Bertz CT molecular complexity index is 327. The van der Waals surface area contributed by atoms with Crippen molar-refractivity contribution in [1.82, 2.24) is 5.32 Å². The minimum atomic E-state index is 0.702. The standard InChI is InChI=1S/C15H25NS/c1-3-14-8-9-15(17-14)11-13(16-4-2)10-12-6-5-7-12/h8-9,12-13,16H,3-7,10-11H2,1-2H3. The van der Waals surface area contributed by atoms with Crippen LogP contribution in [0.5, 0.6) is 0 Å². The SMILES string of the molecule is CCNC(Cc1ccc(CC)s1)CC1CCC1. The maximum atomic E-state index is 3.66. The van der Waals surface area contributed by atoms with Crippen molar-refractivity contribution >= 4 is 11.3 Å². The highest BCUT2D eigenvalue weighted by Crippen LogP contribution is 2.31. The first-order chi connectivity index (χ1) is 8.31. The van der Waals surface area contributed by atoms with Crippen LogP contribution < -0.4 is 5.32 Å². The Morgan fingerprint density at radius 3 is 2.59 bits per heavy atom. The fraction of sp³-hybridized carbons (Fsp3) is 0.733. The Morgan fingerprint density at radius 1 is 1.29 bits per heavy atom. The van der Waals surface area contributed by atoms with Crippen molar-refractivity contribution in [3.8, 4) is 0 Å². The van der Waals surface area contributed by atoms with Crippen LogP contribution in [0.1, 0.15) is 49.3 Å². The number of hydrogen-bond donors (Lipinski definition) is 1. The first kappa shape index (κ1) is 13.1. The first-order valence-corrected chi connectivity index (χ1v) is 7.94. The molecule has 96 valence electrons. The van der Waals surface area contributed by atoms with E-state index in [1.54, 1.807) is 4.88 Å². The van der Waals surface area contributed by atoms with Gasteiger partial charge in [-0.25, -0.2) is 0 Å². The van der Waals surface area contributed by atoms with Crippen molar-refractivity contribution in [2.24, 2.45) is 5.92 Å². The molecule has 1 nitrogen and oxygen atoms in total. The average Bonchev–Trinajstić information content (AvgIpc) is 2.71. The quantitative estimate of drug-likeness (QED) is 0.772. The molecule has 1 fully saturated rings. The van der Waals surface area contributed by atoms with Gasteiger partial charge in [-0.15, -0.1) is 11.3 Å². The number of hydrogen-bond acceptors (Lipinski definition) is 2. The molecule has 1 aliphatic rings. The van der Waals surface area contributed by atoms with E-state index in [2.05, 4.69) is 31.3 Å². The van der Waals surface area contributed by atoms with Gasteiger partial charge in [0.25, 0.3) is 0 Å². The Kier molecular flexibility index (Phi) is 5.05. The zero-order valence-electron chi connectivity index (χ0n) is 11.2. The van der Waals surface area contributed by atoms with Gasteiger partial charge in [0.2, 0.25) is 0 Å². The molecule has 1 aliphatic carbocycles. The monoisotopic (exact) mass is 251 g/mol. The fourth-order valence-electron chi connectivity index (χ4n) is 2.62. The molecular weight excluding hydrogens is 226 g/mol. The largest absolute Gasteiger partial charge is 0.314 e. The fourth-order valence-corrected chi connectivity index (χ4v) is 3.66. The van der Waals surface area contributed by atoms with Crippen LogP contribution in [0.15, 0.2) is 12.1 Å². The lowest BCUT2D eigenvalue weighted by Crippen LogP contribution is -2.34. The van der Waals surface area contributed by atoms with E-state index in [1.807, 2.05) is 11.3 Å². The molecule has 2 heteroatoms. The highest BCUT2D eigenvalue weighted by molar-refractivity contribution is 7.11. The molecule has 1 aromatic rings. The van der Waals surface area contributed by atoms with E-state index in [0.717, 1.165) is 12.5 Å². The number of likely N-dealkylation sites (N-methyl/N-ethyl adjacent to an activating group) is 1. The third-order valence-corrected chi connectivity index (χ3v) is 5.10. The number of rotatable bonds is 7. The molecule has 0 spiro atoms. The Morgan fingerprint density at radius 2 is 2.06 bits per heavy atom. The molecule has 0 amide bonds. The van der Waals surface area contributed by atoms with Gasteiger partial charge in [-0.3, -0.25) is 0 Å². The summed E-state index contributed by atoms with van der Waals surface area (Å²) < 4.78 is 0. The predicted molar refractivity (Wildman–Crippen MR) is 76.8 cm³/mol. The molecule has 0 aromatic carbocycles. The van der Waals surface area contributed by atoms with Gasteiger partial charge < -0.3 is 5.32 Å². The van der Waals surface area contributed by atoms with Crippen molar-refractivity contribution in [2.75, 3.05) is 6.54 Å². The van der Waals surface area contributed by atoms with E-state index in [-0.39, 0.29) is 0 Å². The summed E-state index contributed by atoms with van der Waals surface area (Å²) >= 11 is 2.00. The van der Waals surface area contributed by atoms with Gasteiger partial charge in [0.15, 0.2) is 0 Å². The maximum absolute atomic E-state index is 3.66. The summed E-state index contributed by atoms with van der Waals surface area (Å²) in [6.45, 7) is 5.56. The van der Waals surface area contributed by atoms with Crippen molar-refractivity contribution in [3.63, 3.8) is 0 Å². The van der Waals surface area contributed by atoms with E-state index in [0.29, 0.717) is 6.04 Å². The molecule has 0 aliphatic heterocycles. The van der Waals surface area contributed by atoms with Crippen molar-refractivity contribution in [2.45, 2.75) is 58.4 Å². The number of aryl methyl sites for hydroxylation is 1. The van der Waals surface area contributed by atoms with Gasteiger partial charge in [0, 0.05) is 15.8 Å². The van der Waals surface area contributed by atoms with Crippen LogP contribution >= 0.6 is 11.3 Å². The minimum absolute atomic E-state index is 0.702. The summed E-state index contributed by atoms with van der Waals surface area (Å²) in [6.07, 6.45) is 8.18. The summed E-state index contributed by atoms with van der Waals surface area (Å²) in [5.74, 6) is 1.00. The van der Waals surface area contributed by atoms with E-state index >= 15 is 0 Å². The van der Waals surface area contributed by atoms with Crippen molar-refractivity contribution in [1.29, 1.82) is 0 Å². The van der Waals surface area contributed by atoms with Crippen LogP contribution in [0, 0.1) is 5.92 Å². The van der Waals surface area contributed by atoms with Crippen molar-refractivity contribution < 1.29 is 0 Å². The zero-order chi connectivity index (χ0) is 12.1. The second-order valence-electron chi connectivity index (χ2n) is 5.21. The maximum Gasteiger partial charge on any atom is 0.0118 e. The van der Waals surface area contributed by atoms with Gasteiger partial charge >= 0.3 is 0 Å². The van der Waals surface area contributed by atoms with Crippen LogP contribution in [0.4, 0.5) is 0 Å². The Balaban J connectivity index is 1.86. The van der Waals surface area contributed by atoms with Crippen LogP contribution in [0.3, 0.4) is 0 Å². The molecule has 0 saturated heterocycles. The lowest BCUT2D eigenvalue weighted by atomic mass is 9.80. The summed E-state index contributed by atoms with van der Waals surface area (Å²) in [7, 11) is 0. The topological polar surface area (TPSA) is 12.0 Å². The second kappa shape index (κ2) is 6.55. The summed E-state index contributed by atoms with van der Waals surface area (Å²) in [6, 6.07) is 5.33. The van der Waals surface area contributed by atoms with Gasteiger partial charge in [0.1, 0.15) is 0 Å². The number of nitrogens with one attached hydrogen (secondary N) is 1. The molecule has 1 aromatic heterocycles. The van der Waals surface area contributed by atoms with Crippen LogP contribution in [-0.4, -0.2) is 12.6 Å². The summed E-state index contributed by atoms with van der Waals surface area (Å²) in [5, 5.41) is 3.66. The molecule has 0 bridgehead atoms. The number of thiophene rings is 1. The zero-order valence-corrected chi connectivity index (χ0v) is 12.0. The molecule has 1 heterocycles. The molecular formula is C15H25NS. The third-order valence-electron chi connectivity index (χ3n) is 3.85. The third kappa shape index (κ3) is 3.82. The average molecular weight is 251 g/mol. The summed E-state index contributed by atoms with van der Waals surface area (Å²) in [5.41, 5.74) is 0. The van der Waals surface area contributed by atoms with Crippen molar-refractivity contribution in [3.05, 3.63) is 21.9 Å². The molecule has 1 unspecified atom stereocenters. The van der Waals surface area contributed by atoms with E-state index in [9.17, 15) is 0 Å². The van der Waals surface area contributed by atoms with Gasteiger partial charge in [-0.1, -0.05) is 33.1 Å². The second-order valence-corrected chi connectivity index (χ2v) is 6.47. The molecule has 17 heavy (non-hydrogen) atoms. The Labute approximate surface area is 110 Å². The van der Waals surface area contributed by atoms with Gasteiger partial charge in [-0.2, -0.15) is 0 Å². The van der Waals surface area contributed by atoms with E-state index in [4.69, 9.17) is 0 Å². The van der Waals surface area contributed by atoms with E-state index in [1.165, 1.54) is 43.4 Å². The molecule has 1 saturated carbocycles. The molecule has 1 atom stereocenters. The Hall–Kier alpha value is -0.340. The lowest BCUT2D eigenvalue weighted by molar-refractivity contribution is 0.260. The van der Waals surface area contributed by atoms with Crippen LogP contribution in [0.25, 0.3) is 0 Å². The van der Waals surface area contributed by atoms with E-state index < -0.39 is 0 Å². The molecule has 2 rings (SSSR count). The highest BCUT2D eigenvalue weighted by atomic mass is 32.1.